The minimum absolute atomic E-state index is 0.0240. The van der Waals surface area contributed by atoms with Crippen molar-refractivity contribution in [1.82, 2.24) is 24.9 Å². The molecule has 4 aliphatic heterocycles. The van der Waals surface area contributed by atoms with Gasteiger partial charge in [0.2, 0.25) is 11.8 Å². The van der Waals surface area contributed by atoms with Gasteiger partial charge >= 0.3 is 12.3 Å². The Morgan fingerprint density at radius 2 is 1.59 bits per heavy atom. The van der Waals surface area contributed by atoms with Crippen molar-refractivity contribution >= 4 is 30.3 Å². The number of ether oxygens (including phenoxy) is 1. The van der Waals surface area contributed by atoms with E-state index in [2.05, 4.69) is 10.2 Å². The molecule has 4 fully saturated rings. The number of hydrogen-bond acceptors (Lipinski definition) is 7. The van der Waals surface area contributed by atoms with E-state index < -0.39 is 59.9 Å². The van der Waals surface area contributed by atoms with Crippen LogP contribution in [0.25, 0.3) is 6.08 Å². The van der Waals surface area contributed by atoms with Crippen molar-refractivity contribution in [3.8, 4) is 0 Å². The number of amides is 3. The van der Waals surface area contributed by atoms with Gasteiger partial charge in [-0.25, -0.2) is 4.79 Å². The molecular formula is C43H48F3N5O5. The molecule has 0 spiro atoms. The zero-order valence-corrected chi connectivity index (χ0v) is 31.2. The number of carbonyl (C=O) groups is 4. The van der Waals surface area contributed by atoms with E-state index in [-0.39, 0.29) is 19.6 Å². The van der Waals surface area contributed by atoms with Crippen LogP contribution in [-0.2, 0) is 31.7 Å². The fourth-order valence-electron chi connectivity index (χ4n) is 8.74. The van der Waals surface area contributed by atoms with Crippen molar-refractivity contribution in [2.24, 2.45) is 0 Å². The SMILES string of the molecule is O=C[C@@H](C(C(=O)NCCc1cccc(C(F)(F)F)c1)N1C(=O)C(N2C(=O)OC[C@@H]2c2ccccc2)C1C=Cc1ccccc1)N1CCC(N2CCCCC2)CC1. The molecule has 0 bridgehead atoms. The van der Waals surface area contributed by atoms with Crippen molar-refractivity contribution < 1.29 is 37.1 Å². The van der Waals surface area contributed by atoms with E-state index in [1.54, 1.807) is 12.1 Å². The lowest BCUT2D eigenvalue weighted by molar-refractivity contribution is -0.166. The van der Waals surface area contributed by atoms with Gasteiger partial charge in [-0.05, 0) is 68.0 Å². The normalized spacial score (nSPS) is 23.8. The van der Waals surface area contributed by atoms with Crippen LogP contribution in [0.4, 0.5) is 18.0 Å². The molecule has 10 nitrogen and oxygen atoms in total. The maximum atomic E-state index is 14.6. The molecule has 4 aliphatic rings. The second-order valence-corrected chi connectivity index (χ2v) is 15.0. The fraction of sp³-hybridized carbons (Fsp3) is 0.442. The van der Waals surface area contributed by atoms with Gasteiger partial charge in [-0.1, -0.05) is 97.4 Å². The van der Waals surface area contributed by atoms with Gasteiger partial charge in [-0.3, -0.25) is 19.4 Å². The fourth-order valence-corrected chi connectivity index (χ4v) is 8.74. The van der Waals surface area contributed by atoms with E-state index in [4.69, 9.17) is 4.74 Å². The van der Waals surface area contributed by atoms with Crippen LogP contribution in [0.1, 0.15) is 60.4 Å². The molecule has 7 rings (SSSR count). The Morgan fingerprint density at radius 1 is 0.893 bits per heavy atom. The largest absolute Gasteiger partial charge is 0.447 e. The Kier molecular flexibility index (Phi) is 12.2. The minimum Gasteiger partial charge on any atom is -0.447 e. The van der Waals surface area contributed by atoms with Gasteiger partial charge in [-0.15, -0.1) is 0 Å². The van der Waals surface area contributed by atoms with Gasteiger partial charge in [0.1, 0.15) is 25.0 Å². The zero-order valence-electron chi connectivity index (χ0n) is 31.2. The third kappa shape index (κ3) is 8.53. The summed E-state index contributed by atoms with van der Waals surface area (Å²) < 4.78 is 45.8. The molecule has 0 aliphatic carbocycles. The zero-order chi connectivity index (χ0) is 39.2. The van der Waals surface area contributed by atoms with Crippen molar-refractivity contribution in [3.05, 3.63) is 113 Å². The van der Waals surface area contributed by atoms with Gasteiger partial charge in [0.25, 0.3) is 0 Å². The van der Waals surface area contributed by atoms with Gasteiger partial charge in [0, 0.05) is 25.7 Å². The highest BCUT2D eigenvalue weighted by Gasteiger charge is 2.59. The topological polar surface area (TPSA) is 102 Å². The Bertz CT molecular complexity index is 1860. The summed E-state index contributed by atoms with van der Waals surface area (Å²) in [4.78, 5) is 63.1. The molecule has 0 radical (unpaired) electrons. The maximum Gasteiger partial charge on any atom is 0.416 e. The van der Waals surface area contributed by atoms with Crippen LogP contribution >= 0.6 is 0 Å². The first-order chi connectivity index (χ1) is 27.1. The first-order valence-corrected chi connectivity index (χ1v) is 19.6. The summed E-state index contributed by atoms with van der Waals surface area (Å²) in [5.74, 6) is -1.10. The van der Waals surface area contributed by atoms with Gasteiger partial charge in [0.15, 0.2) is 0 Å². The Morgan fingerprint density at radius 3 is 2.27 bits per heavy atom. The van der Waals surface area contributed by atoms with Crippen LogP contribution in [0.5, 0.6) is 0 Å². The maximum absolute atomic E-state index is 14.6. The Labute approximate surface area is 325 Å². The first-order valence-electron chi connectivity index (χ1n) is 19.6. The highest BCUT2D eigenvalue weighted by molar-refractivity contribution is 5.99. The van der Waals surface area contributed by atoms with Gasteiger partial charge < -0.3 is 24.6 Å². The lowest BCUT2D eigenvalue weighted by Gasteiger charge is -2.54. The number of cyclic esters (lactones) is 1. The highest BCUT2D eigenvalue weighted by Crippen LogP contribution is 2.39. The quantitative estimate of drug-likeness (QED) is 0.175. The first kappa shape index (κ1) is 39.2. The standard InChI is InChI=1S/C43H48F3N5O5/c44-43(45,46)33-16-10-13-31(27-33)19-22-47-40(53)38(36(28-52)49-25-20-34(21-26-49)48-23-8-3-9-24-48)50-35(18-17-30-11-4-1-5-12-30)39(41(50)54)51-37(29-56-42(51)55)32-14-6-2-7-15-32/h1-2,4-7,10-18,27-28,34-39H,3,8-9,19-26,29H2,(H,47,53)/t35?,36-,37+,38?,39?/m0/s1. The van der Waals surface area contributed by atoms with Gasteiger partial charge in [0.05, 0.1) is 23.7 Å². The van der Waals surface area contributed by atoms with Crippen LogP contribution in [0.15, 0.2) is 91.0 Å². The summed E-state index contributed by atoms with van der Waals surface area (Å²) in [5.41, 5.74) is 1.23. The summed E-state index contributed by atoms with van der Waals surface area (Å²) in [6.45, 7) is 3.20. The third-order valence-corrected chi connectivity index (χ3v) is 11.7. The lowest BCUT2D eigenvalue weighted by atomic mass is 9.86. The molecule has 56 heavy (non-hydrogen) atoms. The Balaban J connectivity index is 1.19. The summed E-state index contributed by atoms with van der Waals surface area (Å²) in [7, 11) is 0. The molecular weight excluding hydrogens is 723 g/mol. The number of halogens is 3. The second-order valence-electron chi connectivity index (χ2n) is 15.0. The number of rotatable bonds is 13. The summed E-state index contributed by atoms with van der Waals surface area (Å²) >= 11 is 0. The molecule has 296 valence electrons. The van der Waals surface area contributed by atoms with E-state index in [9.17, 15) is 32.3 Å². The van der Waals surface area contributed by atoms with E-state index in [0.717, 1.165) is 68.3 Å². The number of nitrogens with one attached hydrogen (secondary N) is 1. The van der Waals surface area contributed by atoms with Crippen LogP contribution in [-0.4, -0.2) is 113 Å². The van der Waals surface area contributed by atoms with Crippen LogP contribution < -0.4 is 5.32 Å². The van der Waals surface area contributed by atoms with Crippen molar-refractivity contribution in [2.45, 2.75) is 81.0 Å². The number of benzene rings is 3. The number of likely N-dealkylation sites (tertiary alicyclic amines) is 3. The summed E-state index contributed by atoms with van der Waals surface area (Å²) in [6.07, 6.45) is 4.44. The third-order valence-electron chi connectivity index (χ3n) is 11.7. The molecule has 4 saturated heterocycles. The van der Waals surface area contributed by atoms with Crippen molar-refractivity contribution in [2.75, 3.05) is 39.3 Å². The minimum atomic E-state index is -4.51. The Hall–Kier alpha value is -5.01. The number of alkyl halides is 3. The predicted molar refractivity (Wildman–Crippen MR) is 204 cm³/mol. The van der Waals surface area contributed by atoms with Crippen LogP contribution in [0, 0.1) is 0 Å². The van der Waals surface area contributed by atoms with E-state index in [1.165, 1.54) is 22.3 Å². The molecule has 0 aromatic heterocycles. The lowest BCUT2D eigenvalue weighted by Crippen LogP contribution is -2.77. The number of piperidine rings is 2. The van der Waals surface area contributed by atoms with Gasteiger partial charge in [-0.2, -0.15) is 13.2 Å². The van der Waals surface area contributed by atoms with Crippen LogP contribution in [0.3, 0.4) is 0 Å². The molecule has 3 amide bonds. The average Bonchev–Trinajstić information content (AvgIpc) is 3.60. The second kappa shape index (κ2) is 17.4. The molecule has 13 heteroatoms. The average molecular weight is 772 g/mol. The van der Waals surface area contributed by atoms with E-state index in [1.807, 2.05) is 71.6 Å². The molecule has 5 atom stereocenters. The number of β-lactam (4-membered cyclic amide) rings is 1. The summed E-state index contributed by atoms with van der Waals surface area (Å²) in [6, 6.07) is 19.3. The highest BCUT2D eigenvalue weighted by atomic mass is 19.4. The van der Waals surface area contributed by atoms with Crippen LogP contribution in [0.2, 0.25) is 0 Å². The summed E-state index contributed by atoms with van der Waals surface area (Å²) in [5, 5.41) is 2.86. The molecule has 4 heterocycles. The molecule has 3 aromatic rings. The van der Waals surface area contributed by atoms with E-state index in [0.29, 0.717) is 24.7 Å². The number of aldehydes is 1. The number of carbonyl (C=O) groups excluding carboxylic acids is 4. The molecule has 3 unspecified atom stereocenters. The monoisotopic (exact) mass is 771 g/mol. The van der Waals surface area contributed by atoms with Crippen molar-refractivity contribution in [3.63, 3.8) is 0 Å². The molecule has 0 saturated carbocycles. The van der Waals surface area contributed by atoms with Crippen molar-refractivity contribution in [1.29, 1.82) is 0 Å². The number of hydrogen-bond donors (Lipinski definition) is 1. The number of nitrogens with zero attached hydrogens (tertiary/aromatic N) is 4. The van der Waals surface area contributed by atoms with E-state index >= 15 is 0 Å². The molecule has 1 N–H and O–H groups in total. The molecule has 3 aromatic carbocycles. The predicted octanol–water partition coefficient (Wildman–Crippen LogP) is 5.74. The smallest absolute Gasteiger partial charge is 0.416 e.